The molecule has 0 radical (unpaired) electrons. The Morgan fingerprint density at radius 2 is 2.16 bits per heavy atom. The van der Waals surface area contributed by atoms with Crippen molar-refractivity contribution in [3.05, 3.63) is 22.2 Å². The van der Waals surface area contributed by atoms with Crippen molar-refractivity contribution in [1.82, 2.24) is 0 Å². The van der Waals surface area contributed by atoms with Gasteiger partial charge in [0.1, 0.15) is 6.61 Å². The largest absolute Gasteiger partial charge is 0.397 e. The second kappa shape index (κ2) is 6.46. The first-order chi connectivity index (χ1) is 9.06. The van der Waals surface area contributed by atoms with E-state index in [4.69, 9.17) is 33.7 Å². The number of carbonyl (C=O) groups excluding carboxylic acids is 1. The summed E-state index contributed by atoms with van der Waals surface area (Å²) in [4.78, 5) is 11.7. The lowest BCUT2D eigenvalue weighted by Gasteiger charge is -2.11. The average molecular weight is 303 g/mol. The molecule has 0 saturated heterocycles. The van der Waals surface area contributed by atoms with Crippen LogP contribution >= 0.6 is 23.2 Å². The normalized spacial score (nSPS) is 14.4. The van der Waals surface area contributed by atoms with Crippen molar-refractivity contribution in [2.75, 3.05) is 24.3 Å². The first-order valence-electron chi connectivity index (χ1n) is 6.18. The Balaban J connectivity index is 1.80. The number of rotatable bonds is 6. The van der Waals surface area contributed by atoms with Crippen LogP contribution < -0.4 is 11.1 Å². The third-order valence-electron chi connectivity index (χ3n) is 2.95. The van der Waals surface area contributed by atoms with Crippen molar-refractivity contribution in [2.45, 2.75) is 19.3 Å². The van der Waals surface area contributed by atoms with Gasteiger partial charge in [-0.3, -0.25) is 4.79 Å². The molecule has 4 nitrogen and oxygen atoms in total. The Hall–Kier alpha value is -0.970. The zero-order valence-corrected chi connectivity index (χ0v) is 11.9. The number of ether oxygens (including phenoxy) is 1. The van der Waals surface area contributed by atoms with Gasteiger partial charge in [0.25, 0.3) is 0 Å². The second-order valence-corrected chi connectivity index (χ2v) is 5.53. The lowest BCUT2D eigenvalue weighted by atomic mass is 10.2. The first kappa shape index (κ1) is 14.4. The highest BCUT2D eigenvalue weighted by atomic mass is 35.5. The molecule has 0 heterocycles. The molecule has 1 aromatic carbocycles. The SMILES string of the molecule is Nc1cc(Cl)cc(Cl)c1NC(=O)COCCC1CC1. The Bertz CT molecular complexity index is 453. The van der Waals surface area contributed by atoms with Gasteiger partial charge in [-0.05, 0) is 24.5 Å². The zero-order valence-electron chi connectivity index (χ0n) is 10.4. The number of carbonyl (C=O) groups is 1. The van der Waals surface area contributed by atoms with Crippen molar-refractivity contribution in [3.63, 3.8) is 0 Å². The number of anilines is 2. The standard InChI is InChI=1S/C13H16Cl2N2O2/c14-9-5-10(15)13(11(16)6-9)17-12(18)7-19-4-3-8-1-2-8/h5-6,8H,1-4,7,16H2,(H,17,18). The number of hydrogen-bond acceptors (Lipinski definition) is 3. The summed E-state index contributed by atoms with van der Waals surface area (Å²) in [5.41, 5.74) is 6.46. The predicted octanol–water partition coefficient (Wildman–Crippen LogP) is 3.33. The Labute approximate surface area is 122 Å². The molecule has 0 aliphatic heterocycles. The molecule has 104 valence electrons. The minimum absolute atomic E-state index is 0.00507. The molecule has 1 aliphatic rings. The maximum absolute atomic E-state index is 11.7. The summed E-state index contributed by atoms with van der Waals surface area (Å²) in [5.74, 6) is 0.524. The molecule has 0 spiro atoms. The van der Waals surface area contributed by atoms with Crippen molar-refractivity contribution >= 4 is 40.5 Å². The Morgan fingerprint density at radius 3 is 2.79 bits per heavy atom. The van der Waals surface area contributed by atoms with E-state index in [0.717, 1.165) is 12.3 Å². The molecule has 0 unspecified atom stereocenters. The van der Waals surface area contributed by atoms with Crippen LogP contribution in [0.2, 0.25) is 10.0 Å². The summed E-state index contributed by atoms with van der Waals surface area (Å²) in [6.07, 6.45) is 3.59. The van der Waals surface area contributed by atoms with Crippen LogP contribution in [0.25, 0.3) is 0 Å². The number of benzene rings is 1. The van der Waals surface area contributed by atoms with Gasteiger partial charge in [0.2, 0.25) is 5.91 Å². The Kier molecular flexibility index (Phi) is 4.91. The quantitative estimate of drug-likeness (QED) is 0.626. The molecule has 3 N–H and O–H groups in total. The molecule has 6 heteroatoms. The van der Waals surface area contributed by atoms with Gasteiger partial charge in [0.05, 0.1) is 16.4 Å². The first-order valence-corrected chi connectivity index (χ1v) is 6.94. The van der Waals surface area contributed by atoms with Gasteiger partial charge in [-0.25, -0.2) is 0 Å². The highest BCUT2D eigenvalue weighted by Crippen LogP contribution is 2.32. The molecule has 0 bridgehead atoms. The van der Waals surface area contributed by atoms with Crippen LogP contribution in [-0.4, -0.2) is 19.1 Å². The lowest BCUT2D eigenvalue weighted by Crippen LogP contribution is -2.19. The fraction of sp³-hybridized carbons (Fsp3) is 0.462. The number of nitrogen functional groups attached to an aromatic ring is 1. The average Bonchev–Trinajstić information content (AvgIpc) is 3.13. The van der Waals surface area contributed by atoms with Gasteiger partial charge in [0.15, 0.2) is 0 Å². The van der Waals surface area contributed by atoms with Crippen LogP contribution in [0.4, 0.5) is 11.4 Å². The molecule has 0 atom stereocenters. The summed E-state index contributed by atoms with van der Waals surface area (Å²) in [6, 6.07) is 3.07. The molecular weight excluding hydrogens is 287 g/mol. The van der Waals surface area contributed by atoms with Crippen molar-refractivity contribution in [2.24, 2.45) is 5.92 Å². The topological polar surface area (TPSA) is 64.3 Å². The van der Waals surface area contributed by atoms with Crippen molar-refractivity contribution in [1.29, 1.82) is 0 Å². The van der Waals surface area contributed by atoms with Gasteiger partial charge in [-0.1, -0.05) is 36.0 Å². The molecule has 1 aliphatic carbocycles. The number of nitrogens with one attached hydrogen (secondary N) is 1. The van der Waals surface area contributed by atoms with Crippen LogP contribution in [0.3, 0.4) is 0 Å². The minimum Gasteiger partial charge on any atom is -0.397 e. The van der Waals surface area contributed by atoms with E-state index in [1.807, 2.05) is 0 Å². The minimum atomic E-state index is -0.272. The Morgan fingerprint density at radius 1 is 1.42 bits per heavy atom. The second-order valence-electron chi connectivity index (χ2n) is 4.68. The molecule has 2 rings (SSSR count). The summed E-state index contributed by atoms with van der Waals surface area (Å²) >= 11 is 11.8. The van der Waals surface area contributed by atoms with E-state index >= 15 is 0 Å². The van der Waals surface area contributed by atoms with Crippen LogP contribution in [-0.2, 0) is 9.53 Å². The maximum atomic E-state index is 11.7. The van der Waals surface area contributed by atoms with Gasteiger partial charge in [0, 0.05) is 11.6 Å². The van der Waals surface area contributed by atoms with E-state index in [1.165, 1.54) is 25.0 Å². The van der Waals surface area contributed by atoms with E-state index in [9.17, 15) is 4.79 Å². The summed E-state index contributed by atoms with van der Waals surface area (Å²) < 4.78 is 5.30. The molecule has 1 saturated carbocycles. The zero-order chi connectivity index (χ0) is 13.8. The van der Waals surface area contributed by atoms with Gasteiger partial charge in [-0.15, -0.1) is 0 Å². The monoisotopic (exact) mass is 302 g/mol. The van der Waals surface area contributed by atoms with Crippen LogP contribution in [0.5, 0.6) is 0 Å². The molecule has 0 aromatic heterocycles. The summed E-state index contributed by atoms with van der Waals surface area (Å²) in [6.45, 7) is 0.618. The third-order valence-corrected chi connectivity index (χ3v) is 3.47. The van der Waals surface area contributed by atoms with Gasteiger partial charge < -0.3 is 15.8 Å². The molecule has 19 heavy (non-hydrogen) atoms. The fourth-order valence-corrected chi connectivity index (χ4v) is 2.28. The highest BCUT2D eigenvalue weighted by molar-refractivity contribution is 6.37. The lowest BCUT2D eigenvalue weighted by molar-refractivity contribution is -0.120. The molecule has 1 amide bonds. The summed E-state index contributed by atoms with van der Waals surface area (Å²) in [7, 11) is 0. The van der Waals surface area contributed by atoms with Crippen molar-refractivity contribution < 1.29 is 9.53 Å². The predicted molar refractivity (Wildman–Crippen MR) is 77.7 cm³/mol. The number of hydrogen-bond donors (Lipinski definition) is 2. The van der Waals surface area contributed by atoms with E-state index in [2.05, 4.69) is 5.32 Å². The van der Waals surface area contributed by atoms with Gasteiger partial charge >= 0.3 is 0 Å². The van der Waals surface area contributed by atoms with Gasteiger partial charge in [-0.2, -0.15) is 0 Å². The van der Waals surface area contributed by atoms with E-state index in [0.29, 0.717) is 28.0 Å². The maximum Gasteiger partial charge on any atom is 0.250 e. The van der Waals surface area contributed by atoms with E-state index < -0.39 is 0 Å². The highest BCUT2D eigenvalue weighted by Gasteiger charge is 2.20. The van der Waals surface area contributed by atoms with E-state index in [1.54, 1.807) is 0 Å². The molecule has 1 aromatic rings. The van der Waals surface area contributed by atoms with Crippen LogP contribution in [0, 0.1) is 5.92 Å². The summed E-state index contributed by atoms with van der Waals surface area (Å²) in [5, 5.41) is 3.38. The number of halogens is 2. The number of nitrogens with two attached hydrogens (primary N) is 1. The molecular formula is C13H16Cl2N2O2. The third kappa shape index (κ3) is 4.56. The fourth-order valence-electron chi connectivity index (χ4n) is 1.72. The van der Waals surface area contributed by atoms with Crippen LogP contribution in [0.15, 0.2) is 12.1 Å². The number of amides is 1. The molecule has 1 fully saturated rings. The van der Waals surface area contributed by atoms with Crippen molar-refractivity contribution in [3.8, 4) is 0 Å². The smallest absolute Gasteiger partial charge is 0.250 e. The van der Waals surface area contributed by atoms with Crippen LogP contribution in [0.1, 0.15) is 19.3 Å². The van der Waals surface area contributed by atoms with E-state index in [-0.39, 0.29) is 12.5 Å².